The van der Waals surface area contributed by atoms with Gasteiger partial charge in [-0.1, -0.05) is 42.5 Å². The standard InChI is InChI=1S/C21H25NO3/c23-20(18-16-6-7-17(13-16)19(18)21(24)25)22-10-8-15(9-11-22)12-14-4-2-1-3-5-14/h1-7,15-19H,8-13H2,(H,24,25)/t16-,17+,18+,19+/m1/s1. The molecule has 1 N–H and O–H groups in total. The number of carboxylic acids is 1. The quantitative estimate of drug-likeness (QED) is 0.858. The molecular weight excluding hydrogens is 314 g/mol. The van der Waals surface area contributed by atoms with Crippen LogP contribution in [0.25, 0.3) is 0 Å². The Morgan fingerprint density at radius 1 is 1.00 bits per heavy atom. The van der Waals surface area contributed by atoms with Gasteiger partial charge in [-0.2, -0.15) is 0 Å². The van der Waals surface area contributed by atoms with Crippen LogP contribution in [0.2, 0.25) is 0 Å². The number of piperidine rings is 1. The first kappa shape index (κ1) is 16.4. The Bertz CT molecular complexity index is 676. The van der Waals surface area contributed by atoms with Crippen molar-refractivity contribution in [2.45, 2.75) is 25.7 Å². The van der Waals surface area contributed by atoms with Crippen molar-refractivity contribution in [1.29, 1.82) is 0 Å². The van der Waals surface area contributed by atoms with Crippen LogP contribution in [-0.4, -0.2) is 35.0 Å². The number of rotatable bonds is 4. The number of fused-ring (bicyclic) bond motifs is 2. The lowest BCUT2D eigenvalue weighted by Crippen LogP contribution is -2.46. The molecule has 0 radical (unpaired) electrons. The number of amides is 1. The number of hydrogen-bond acceptors (Lipinski definition) is 2. The van der Waals surface area contributed by atoms with E-state index >= 15 is 0 Å². The SMILES string of the molecule is O=C(O)[C@@H]1[C@@H](C(=O)N2CCC(Cc3ccccc3)CC2)[C@@H]2C=C[C@H]1C2. The van der Waals surface area contributed by atoms with Crippen molar-refractivity contribution in [3.63, 3.8) is 0 Å². The molecule has 4 heteroatoms. The normalized spacial score (nSPS) is 31.4. The molecule has 0 aromatic heterocycles. The van der Waals surface area contributed by atoms with Crippen LogP contribution in [0.4, 0.5) is 0 Å². The lowest BCUT2D eigenvalue weighted by Gasteiger charge is -2.36. The van der Waals surface area contributed by atoms with E-state index < -0.39 is 11.9 Å². The fraction of sp³-hybridized carbons (Fsp3) is 0.524. The molecule has 4 atom stereocenters. The van der Waals surface area contributed by atoms with E-state index in [2.05, 4.69) is 30.3 Å². The monoisotopic (exact) mass is 339 g/mol. The van der Waals surface area contributed by atoms with Gasteiger partial charge in [0.05, 0.1) is 11.8 Å². The maximum Gasteiger partial charge on any atom is 0.307 e. The van der Waals surface area contributed by atoms with Gasteiger partial charge in [0, 0.05) is 13.1 Å². The zero-order chi connectivity index (χ0) is 17.4. The smallest absolute Gasteiger partial charge is 0.307 e. The van der Waals surface area contributed by atoms with Crippen LogP contribution in [0.5, 0.6) is 0 Å². The number of nitrogens with zero attached hydrogens (tertiary/aromatic N) is 1. The summed E-state index contributed by atoms with van der Waals surface area (Å²) in [6.07, 6.45) is 7.98. The molecule has 0 spiro atoms. The predicted molar refractivity (Wildman–Crippen MR) is 94.8 cm³/mol. The molecule has 3 aliphatic rings. The van der Waals surface area contributed by atoms with Crippen LogP contribution < -0.4 is 0 Å². The highest BCUT2D eigenvalue weighted by molar-refractivity contribution is 5.87. The molecule has 2 aliphatic carbocycles. The van der Waals surface area contributed by atoms with Gasteiger partial charge in [-0.25, -0.2) is 0 Å². The summed E-state index contributed by atoms with van der Waals surface area (Å²) in [6.45, 7) is 1.53. The van der Waals surface area contributed by atoms with E-state index in [4.69, 9.17) is 0 Å². The number of benzene rings is 1. The summed E-state index contributed by atoms with van der Waals surface area (Å²) < 4.78 is 0. The molecule has 1 aliphatic heterocycles. The van der Waals surface area contributed by atoms with Crippen molar-refractivity contribution in [2.24, 2.45) is 29.6 Å². The summed E-state index contributed by atoms with van der Waals surface area (Å²) in [5.74, 6) is -0.825. The Kier molecular flexibility index (Phi) is 4.36. The van der Waals surface area contributed by atoms with Gasteiger partial charge in [0.1, 0.15) is 0 Å². The average Bonchev–Trinajstić information content (AvgIpc) is 3.24. The first-order valence-corrected chi connectivity index (χ1v) is 9.37. The van der Waals surface area contributed by atoms with Gasteiger partial charge in [0.2, 0.25) is 5.91 Å². The van der Waals surface area contributed by atoms with Crippen molar-refractivity contribution >= 4 is 11.9 Å². The van der Waals surface area contributed by atoms with Crippen molar-refractivity contribution in [1.82, 2.24) is 4.90 Å². The summed E-state index contributed by atoms with van der Waals surface area (Å²) in [7, 11) is 0. The molecule has 1 saturated carbocycles. The highest BCUT2D eigenvalue weighted by atomic mass is 16.4. The summed E-state index contributed by atoms with van der Waals surface area (Å²) in [5, 5.41) is 9.55. The Hall–Kier alpha value is -2.10. The van der Waals surface area contributed by atoms with E-state index in [9.17, 15) is 14.7 Å². The topological polar surface area (TPSA) is 57.6 Å². The minimum atomic E-state index is -0.811. The zero-order valence-electron chi connectivity index (χ0n) is 14.4. The third-order valence-corrected chi connectivity index (χ3v) is 6.32. The first-order chi connectivity index (χ1) is 12.1. The van der Waals surface area contributed by atoms with Gasteiger partial charge in [0.25, 0.3) is 0 Å². The number of aliphatic carboxylic acids is 1. The molecule has 1 heterocycles. The minimum absolute atomic E-state index is 0.0482. The van der Waals surface area contributed by atoms with E-state index in [-0.39, 0.29) is 23.7 Å². The molecule has 2 bridgehead atoms. The fourth-order valence-corrected chi connectivity index (χ4v) is 5.01. The van der Waals surface area contributed by atoms with Gasteiger partial charge in [-0.3, -0.25) is 9.59 Å². The summed E-state index contributed by atoms with van der Waals surface area (Å²) in [5.41, 5.74) is 1.36. The lowest BCUT2D eigenvalue weighted by molar-refractivity contribution is -0.151. The third-order valence-electron chi connectivity index (χ3n) is 6.32. The van der Waals surface area contributed by atoms with Gasteiger partial charge >= 0.3 is 5.97 Å². The summed E-state index contributed by atoms with van der Waals surface area (Å²) >= 11 is 0. The highest BCUT2D eigenvalue weighted by Gasteiger charge is 2.52. The molecule has 132 valence electrons. The van der Waals surface area contributed by atoms with Gasteiger partial charge < -0.3 is 10.0 Å². The molecule has 25 heavy (non-hydrogen) atoms. The number of carbonyl (C=O) groups excluding carboxylic acids is 1. The van der Waals surface area contributed by atoms with E-state index in [0.29, 0.717) is 5.92 Å². The predicted octanol–water partition coefficient (Wildman–Crippen LogP) is 2.99. The molecule has 4 rings (SSSR count). The van der Waals surface area contributed by atoms with Crippen molar-refractivity contribution < 1.29 is 14.7 Å². The molecule has 1 saturated heterocycles. The fourth-order valence-electron chi connectivity index (χ4n) is 5.01. The van der Waals surface area contributed by atoms with E-state index in [0.717, 1.165) is 38.8 Å². The first-order valence-electron chi connectivity index (χ1n) is 9.37. The average molecular weight is 339 g/mol. The largest absolute Gasteiger partial charge is 0.481 e. The number of carboxylic acid groups (broad SMARTS) is 1. The molecule has 1 amide bonds. The minimum Gasteiger partial charge on any atom is -0.481 e. The van der Waals surface area contributed by atoms with E-state index in [1.807, 2.05) is 17.0 Å². The van der Waals surface area contributed by atoms with Crippen molar-refractivity contribution in [3.05, 3.63) is 48.0 Å². The Balaban J connectivity index is 1.37. The lowest BCUT2D eigenvalue weighted by atomic mass is 9.81. The molecule has 2 fully saturated rings. The Morgan fingerprint density at radius 2 is 1.64 bits per heavy atom. The second kappa shape index (κ2) is 6.66. The molecular formula is C21H25NO3. The molecule has 1 aromatic carbocycles. The van der Waals surface area contributed by atoms with Crippen molar-refractivity contribution in [2.75, 3.05) is 13.1 Å². The van der Waals surface area contributed by atoms with Crippen LogP contribution in [0.1, 0.15) is 24.8 Å². The van der Waals surface area contributed by atoms with Crippen molar-refractivity contribution in [3.8, 4) is 0 Å². The number of hydrogen-bond donors (Lipinski definition) is 1. The number of carbonyl (C=O) groups is 2. The van der Waals surface area contributed by atoms with Gasteiger partial charge in [-0.05, 0) is 49.0 Å². The molecule has 4 nitrogen and oxygen atoms in total. The van der Waals surface area contributed by atoms with E-state index in [1.165, 1.54) is 5.56 Å². The molecule has 0 unspecified atom stereocenters. The Labute approximate surface area is 148 Å². The Morgan fingerprint density at radius 3 is 2.28 bits per heavy atom. The number of likely N-dealkylation sites (tertiary alicyclic amines) is 1. The van der Waals surface area contributed by atoms with Crippen LogP contribution in [-0.2, 0) is 16.0 Å². The zero-order valence-corrected chi connectivity index (χ0v) is 14.4. The van der Waals surface area contributed by atoms with Crippen LogP contribution in [0, 0.1) is 29.6 Å². The maximum absolute atomic E-state index is 13.0. The summed E-state index contributed by atoms with van der Waals surface area (Å²) in [6, 6.07) is 10.5. The van der Waals surface area contributed by atoms with Crippen LogP contribution in [0.3, 0.4) is 0 Å². The second-order valence-electron chi connectivity index (χ2n) is 7.80. The maximum atomic E-state index is 13.0. The van der Waals surface area contributed by atoms with E-state index in [1.54, 1.807) is 0 Å². The molecule has 1 aromatic rings. The van der Waals surface area contributed by atoms with Gasteiger partial charge in [0.15, 0.2) is 0 Å². The van der Waals surface area contributed by atoms with Crippen LogP contribution >= 0.6 is 0 Å². The third kappa shape index (κ3) is 3.10. The second-order valence-corrected chi connectivity index (χ2v) is 7.80. The van der Waals surface area contributed by atoms with Crippen LogP contribution in [0.15, 0.2) is 42.5 Å². The summed E-state index contributed by atoms with van der Waals surface area (Å²) in [4.78, 5) is 26.6. The highest BCUT2D eigenvalue weighted by Crippen LogP contribution is 2.49. The number of allylic oxidation sites excluding steroid dienone is 2. The van der Waals surface area contributed by atoms with Gasteiger partial charge in [-0.15, -0.1) is 0 Å².